The normalized spacial score (nSPS) is 21.0. The average molecular weight is 373 g/mol. The van der Waals surface area contributed by atoms with Crippen LogP contribution in [0.25, 0.3) is 0 Å². The lowest BCUT2D eigenvalue weighted by atomic mass is 10.1. The van der Waals surface area contributed by atoms with E-state index in [1.165, 1.54) is 16.6 Å². The third kappa shape index (κ3) is 2.85. The van der Waals surface area contributed by atoms with E-state index in [2.05, 4.69) is 4.98 Å². The maximum atomic E-state index is 13.0. The number of aromatic nitrogens is 1. The van der Waals surface area contributed by atoms with Gasteiger partial charge in [-0.2, -0.15) is 4.31 Å². The van der Waals surface area contributed by atoms with E-state index in [0.717, 1.165) is 36.9 Å². The molecule has 138 valence electrons. The molecule has 26 heavy (non-hydrogen) atoms. The van der Waals surface area contributed by atoms with E-state index >= 15 is 0 Å². The highest BCUT2D eigenvalue weighted by atomic mass is 32.2. The van der Waals surface area contributed by atoms with Crippen LogP contribution in [0.1, 0.15) is 42.2 Å². The van der Waals surface area contributed by atoms with Crippen molar-refractivity contribution in [1.29, 1.82) is 0 Å². The number of carbonyl (C=O) groups excluding carboxylic acids is 1. The van der Waals surface area contributed by atoms with Crippen LogP contribution in [-0.4, -0.2) is 42.7 Å². The van der Waals surface area contributed by atoms with Crippen molar-refractivity contribution in [1.82, 2.24) is 9.29 Å². The highest BCUT2D eigenvalue weighted by molar-refractivity contribution is 7.89. The van der Waals surface area contributed by atoms with Crippen molar-refractivity contribution in [3.05, 3.63) is 47.8 Å². The predicted octanol–water partition coefficient (Wildman–Crippen LogP) is 2.78. The number of para-hydroxylation sites is 1. The largest absolute Gasteiger partial charge is 0.356 e. The molecule has 1 amide bonds. The summed E-state index contributed by atoms with van der Waals surface area (Å²) in [7, 11) is -3.54. The van der Waals surface area contributed by atoms with Crippen LogP contribution in [0, 0.1) is 0 Å². The predicted molar refractivity (Wildman–Crippen MR) is 99.8 cm³/mol. The van der Waals surface area contributed by atoms with Gasteiger partial charge in [0.15, 0.2) is 0 Å². The number of nitrogens with one attached hydrogen (secondary N) is 1. The molecule has 1 aromatic heterocycles. The number of hydrogen-bond acceptors (Lipinski definition) is 3. The van der Waals surface area contributed by atoms with Gasteiger partial charge in [0.2, 0.25) is 10.0 Å². The Morgan fingerprint density at radius 1 is 1.15 bits per heavy atom. The van der Waals surface area contributed by atoms with Crippen LogP contribution >= 0.6 is 0 Å². The molecule has 2 aliphatic rings. The minimum atomic E-state index is -3.54. The molecule has 2 aliphatic heterocycles. The maximum absolute atomic E-state index is 13.0. The highest BCUT2D eigenvalue weighted by Crippen LogP contribution is 2.33. The van der Waals surface area contributed by atoms with Gasteiger partial charge in [-0.25, -0.2) is 8.42 Å². The van der Waals surface area contributed by atoms with Crippen molar-refractivity contribution < 1.29 is 13.2 Å². The van der Waals surface area contributed by atoms with Crippen LogP contribution in [0.15, 0.2) is 41.4 Å². The third-order valence-corrected chi connectivity index (χ3v) is 7.14. The Hall–Kier alpha value is -2.12. The number of piperidine rings is 1. The minimum absolute atomic E-state index is 0.0466. The van der Waals surface area contributed by atoms with Crippen molar-refractivity contribution in [2.75, 3.05) is 18.0 Å². The van der Waals surface area contributed by atoms with E-state index in [4.69, 9.17) is 0 Å². The Morgan fingerprint density at radius 2 is 1.88 bits per heavy atom. The number of rotatable bonds is 3. The molecule has 0 unspecified atom stereocenters. The third-order valence-electron chi connectivity index (χ3n) is 5.27. The first-order chi connectivity index (χ1) is 12.5. The molecule has 6 nitrogen and oxygen atoms in total. The standard InChI is InChI=1S/C19H23N3O3S/c1-14-11-15-7-3-4-8-18(15)22(14)19(23)17-12-16(13-20-17)26(24,25)21-9-5-2-6-10-21/h3-4,7-8,12-14,20H,2,5-6,9-11H2,1H3/t14-/m0/s1. The summed E-state index contributed by atoms with van der Waals surface area (Å²) in [5, 5.41) is 0. The summed E-state index contributed by atoms with van der Waals surface area (Å²) in [5.41, 5.74) is 2.35. The Balaban J connectivity index is 1.61. The fourth-order valence-electron chi connectivity index (χ4n) is 3.91. The van der Waals surface area contributed by atoms with Crippen molar-refractivity contribution in [3.63, 3.8) is 0 Å². The Bertz CT molecular complexity index is 929. The molecule has 4 rings (SSSR count). The number of hydrogen-bond donors (Lipinski definition) is 1. The van der Waals surface area contributed by atoms with Crippen molar-refractivity contribution in [2.24, 2.45) is 0 Å². The van der Waals surface area contributed by atoms with Gasteiger partial charge < -0.3 is 9.88 Å². The van der Waals surface area contributed by atoms with Crippen LogP contribution in [-0.2, 0) is 16.4 Å². The molecule has 0 saturated carbocycles. The molecule has 3 heterocycles. The number of aromatic amines is 1. The van der Waals surface area contributed by atoms with Gasteiger partial charge >= 0.3 is 0 Å². The average Bonchev–Trinajstić information content (AvgIpc) is 3.26. The van der Waals surface area contributed by atoms with Crippen molar-refractivity contribution >= 4 is 21.6 Å². The Kier molecular flexibility index (Phi) is 4.36. The molecule has 0 bridgehead atoms. The summed E-state index contributed by atoms with van der Waals surface area (Å²) in [6.45, 7) is 3.10. The number of H-pyrrole nitrogens is 1. The number of carbonyl (C=O) groups is 1. The smallest absolute Gasteiger partial charge is 0.274 e. The van der Waals surface area contributed by atoms with Gasteiger partial charge in [-0.3, -0.25) is 4.79 Å². The van der Waals surface area contributed by atoms with E-state index in [-0.39, 0.29) is 16.8 Å². The monoisotopic (exact) mass is 373 g/mol. The van der Waals surface area contributed by atoms with E-state index < -0.39 is 10.0 Å². The second kappa shape index (κ2) is 6.55. The molecular formula is C19H23N3O3S. The lowest BCUT2D eigenvalue weighted by molar-refractivity contribution is 0.0977. The first-order valence-corrected chi connectivity index (χ1v) is 10.5. The lowest BCUT2D eigenvalue weighted by Crippen LogP contribution is -2.36. The number of sulfonamides is 1. The maximum Gasteiger partial charge on any atom is 0.274 e. The molecule has 1 saturated heterocycles. The fourth-order valence-corrected chi connectivity index (χ4v) is 5.42. The second-order valence-corrected chi connectivity index (χ2v) is 9.01. The van der Waals surface area contributed by atoms with Gasteiger partial charge in [0, 0.05) is 31.0 Å². The summed E-state index contributed by atoms with van der Waals surface area (Å²) in [6.07, 6.45) is 5.08. The number of nitrogens with zero attached hydrogens (tertiary/aromatic N) is 2. The molecular weight excluding hydrogens is 350 g/mol. The zero-order chi connectivity index (χ0) is 18.3. The quantitative estimate of drug-likeness (QED) is 0.899. The van der Waals surface area contributed by atoms with Gasteiger partial charge in [-0.1, -0.05) is 24.6 Å². The van der Waals surface area contributed by atoms with Crippen LogP contribution < -0.4 is 4.90 Å². The van der Waals surface area contributed by atoms with Crippen molar-refractivity contribution in [3.8, 4) is 0 Å². The summed E-state index contributed by atoms with van der Waals surface area (Å²) < 4.78 is 27.1. The molecule has 0 spiro atoms. The fraction of sp³-hybridized carbons (Fsp3) is 0.421. The summed E-state index contributed by atoms with van der Waals surface area (Å²) in [4.78, 5) is 17.8. The van der Waals surface area contributed by atoms with Crippen molar-refractivity contribution in [2.45, 2.75) is 43.5 Å². The van der Waals surface area contributed by atoms with Crippen LogP contribution in [0.5, 0.6) is 0 Å². The molecule has 0 radical (unpaired) electrons. The molecule has 7 heteroatoms. The number of amides is 1. The van der Waals surface area contributed by atoms with E-state index in [9.17, 15) is 13.2 Å². The van der Waals surface area contributed by atoms with Gasteiger partial charge in [0.25, 0.3) is 5.91 Å². The number of benzene rings is 1. The van der Waals surface area contributed by atoms with E-state index in [1.54, 1.807) is 4.90 Å². The Morgan fingerprint density at radius 3 is 2.65 bits per heavy atom. The van der Waals surface area contributed by atoms with Gasteiger partial charge in [-0.05, 0) is 43.9 Å². The van der Waals surface area contributed by atoms with E-state index in [1.807, 2.05) is 31.2 Å². The number of fused-ring (bicyclic) bond motifs is 1. The zero-order valence-electron chi connectivity index (χ0n) is 14.8. The van der Waals surface area contributed by atoms with Crippen LogP contribution in [0.4, 0.5) is 5.69 Å². The van der Waals surface area contributed by atoms with Gasteiger partial charge in [0.1, 0.15) is 10.6 Å². The first kappa shape index (κ1) is 17.3. The molecule has 1 atom stereocenters. The molecule has 0 aliphatic carbocycles. The summed E-state index contributed by atoms with van der Waals surface area (Å²) in [6, 6.07) is 9.37. The first-order valence-electron chi connectivity index (χ1n) is 9.08. The van der Waals surface area contributed by atoms with Gasteiger partial charge in [0.05, 0.1) is 0 Å². The molecule has 2 aromatic rings. The minimum Gasteiger partial charge on any atom is -0.356 e. The van der Waals surface area contributed by atoms with Crippen LogP contribution in [0.3, 0.4) is 0 Å². The second-order valence-electron chi connectivity index (χ2n) is 7.07. The van der Waals surface area contributed by atoms with Crippen LogP contribution in [0.2, 0.25) is 0 Å². The molecule has 1 N–H and O–H groups in total. The SMILES string of the molecule is C[C@H]1Cc2ccccc2N1C(=O)c1cc(S(=O)(=O)N2CCCCC2)c[nH]1. The zero-order valence-corrected chi connectivity index (χ0v) is 15.6. The van der Waals surface area contributed by atoms with Gasteiger partial charge in [-0.15, -0.1) is 0 Å². The Labute approximate surface area is 153 Å². The van der Waals surface area contributed by atoms with E-state index in [0.29, 0.717) is 18.8 Å². The summed E-state index contributed by atoms with van der Waals surface area (Å²) in [5.74, 6) is -0.192. The lowest BCUT2D eigenvalue weighted by Gasteiger charge is -2.25. The molecule has 1 aromatic carbocycles. The number of anilines is 1. The topological polar surface area (TPSA) is 73.5 Å². The molecule has 1 fully saturated rings. The highest BCUT2D eigenvalue weighted by Gasteiger charge is 2.33. The summed E-state index contributed by atoms with van der Waals surface area (Å²) >= 11 is 0.